The van der Waals surface area contributed by atoms with Crippen molar-refractivity contribution in [2.24, 2.45) is 0 Å². The van der Waals surface area contributed by atoms with Gasteiger partial charge in [0, 0.05) is 25.2 Å². The highest BCUT2D eigenvalue weighted by molar-refractivity contribution is 7.99. The third-order valence-corrected chi connectivity index (χ3v) is 4.39. The number of carbonyl (C=O) groups is 1. The summed E-state index contributed by atoms with van der Waals surface area (Å²) in [6.07, 6.45) is 0.908. The van der Waals surface area contributed by atoms with E-state index in [-0.39, 0.29) is 17.7 Å². The number of ether oxygens (including phenoxy) is 1. The van der Waals surface area contributed by atoms with Gasteiger partial charge in [0.2, 0.25) is 5.91 Å². The van der Waals surface area contributed by atoms with E-state index in [1.807, 2.05) is 13.8 Å². The number of amides is 1. The van der Waals surface area contributed by atoms with E-state index in [0.717, 1.165) is 25.3 Å². The first-order chi connectivity index (χ1) is 10.6. The van der Waals surface area contributed by atoms with Gasteiger partial charge in [-0.25, -0.2) is 9.97 Å². The van der Waals surface area contributed by atoms with Crippen LogP contribution in [0.1, 0.15) is 20.3 Å². The average molecular weight is 345 g/mol. The molecule has 1 amide bonds. The molecule has 0 aliphatic carbocycles. The number of aromatic nitrogens is 2. The smallest absolute Gasteiger partial charge is 0.230 e. The second-order valence-electron chi connectivity index (χ2n) is 5.10. The Morgan fingerprint density at radius 2 is 2.23 bits per heavy atom. The summed E-state index contributed by atoms with van der Waals surface area (Å²) in [5, 5.41) is 3.83. The first-order valence-corrected chi connectivity index (χ1v) is 8.74. The molecule has 1 saturated heterocycles. The number of morpholine rings is 1. The maximum Gasteiger partial charge on any atom is 0.230 e. The summed E-state index contributed by atoms with van der Waals surface area (Å²) in [4.78, 5) is 22.6. The highest BCUT2D eigenvalue weighted by Gasteiger charge is 2.15. The van der Waals surface area contributed by atoms with E-state index < -0.39 is 0 Å². The molecule has 1 aromatic heterocycles. The quantitative estimate of drug-likeness (QED) is 0.483. The largest absolute Gasteiger partial charge is 0.378 e. The van der Waals surface area contributed by atoms with E-state index in [1.165, 1.54) is 11.8 Å². The second-order valence-corrected chi connectivity index (χ2v) is 6.43. The van der Waals surface area contributed by atoms with Crippen molar-refractivity contribution in [3.63, 3.8) is 0 Å². The van der Waals surface area contributed by atoms with E-state index in [2.05, 4.69) is 20.2 Å². The molecule has 1 fully saturated rings. The predicted octanol–water partition coefficient (Wildman–Crippen LogP) is 1.97. The van der Waals surface area contributed by atoms with Crippen LogP contribution in [0.15, 0.2) is 11.2 Å². The van der Waals surface area contributed by atoms with Crippen molar-refractivity contribution < 1.29 is 9.53 Å². The highest BCUT2D eigenvalue weighted by atomic mass is 35.5. The number of carbonyl (C=O) groups excluding carboxylic acids is 1. The van der Waals surface area contributed by atoms with Gasteiger partial charge in [0.15, 0.2) is 5.16 Å². The van der Waals surface area contributed by atoms with Gasteiger partial charge in [-0.05, 0) is 13.3 Å². The molecule has 1 atom stereocenters. The number of halogens is 1. The zero-order valence-electron chi connectivity index (χ0n) is 12.8. The van der Waals surface area contributed by atoms with Gasteiger partial charge < -0.3 is 15.0 Å². The first kappa shape index (κ1) is 17.3. The van der Waals surface area contributed by atoms with Crippen LogP contribution in [-0.2, 0) is 9.53 Å². The number of hydrogen-bond donors (Lipinski definition) is 1. The molecule has 1 N–H and O–H groups in total. The predicted molar refractivity (Wildman–Crippen MR) is 88.7 cm³/mol. The molecule has 2 rings (SSSR count). The normalized spacial score (nSPS) is 16.4. The fourth-order valence-corrected chi connectivity index (χ4v) is 2.85. The summed E-state index contributed by atoms with van der Waals surface area (Å²) in [7, 11) is 0. The van der Waals surface area contributed by atoms with Crippen molar-refractivity contribution in [3.8, 4) is 0 Å². The molecule has 6 nitrogen and oxygen atoms in total. The number of hydrogen-bond acceptors (Lipinski definition) is 6. The van der Waals surface area contributed by atoms with Crippen molar-refractivity contribution >= 4 is 35.1 Å². The van der Waals surface area contributed by atoms with Crippen molar-refractivity contribution in [1.29, 1.82) is 0 Å². The molecule has 0 saturated carbocycles. The lowest BCUT2D eigenvalue weighted by molar-refractivity contribution is -0.119. The van der Waals surface area contributed by atoms with Crippen LogP contribution in [0.3, 0.4) is 0 Å². The van der Waals surface area contributed by atoms with E-state index >= 15 is 0 Å². The average Bonchev–Trinajstić information content (AvgIpc) is 2.53. The van der Waals surface area contributed by atoms with Gasteiger partial charge >= 0.3 is 0 Å². The molecular weight excluding hydrogens is 324 g/mol. The lowest BCUT2D eigenvalue weighted by Gasteiger charge is -2.27. The van der Waals surface area contributed by atoms with Crippen LogP contribution in [0.25, 0.3) is 0 Å². The molecule has 22 heavy (non-hydrogen) atoms. The van der Waals surface area contributed by atoms with Crippen molar-refractivity contribution in [3.05, 3.63) is 11.2 Å². The molecule has 122 valence electrons. The molecule has 0 bridgehead atoms. The Kier molecular flexibility index (Phi) is 6.72. The molecule has 8 heteroatoms. The Morgan fingerprint density at radius 1 is 1.50 bits per heavy atom. The summed E-state index contributed by atoms with van der Waals surface area (Å²) in [5.74, 6) is 1.05. The molecule has 1 aromatic rings. The third kappa shape index (κ3) is 5.30. The van der Waals surface area contributed by atoms with E-state index in [4.69, 9.17) is 16.3 Å². The third-order valence-electron chi connectivity index (χ3n) is 3.35. The molecular formula is C14H21ClN4O2S. The zero-order chi connectivity index (χ0) is 15.9. The van der Waals surface area contributed by atoms with Crippen LogP contribution in [0.5, 0.6) is 0 Å². The minimum absolute atomic E-state index is 0.0177. The molecule has 1 aliphatic rings. The van der Waals surface area contributed by atoms with Gasteiger partial charge in [-0.3, -0.25) is 4.79 Å². The fourth-order valence-electron chi connectivity index (χ4n) is 1.95. The second kappa shape index (κ2) is 8.55. The molecule has 0 spiro atoms. The Bertz CT molecular complexity index is 512. The van der Waals surface area contributed by atoms with Gasteiger partial charge in [-0.15, -0.1) is 0 Å². The molecule has 1 aliphatic heterocycles. The van der Waals surface area contributed by atoms with Gasteiger partial charge in [0.05, 0.1) is 19.0 Å². The van der Waals surface area contributed by atoms with Crippen molar-refractivity contribution in [2.75, 3.05) is 37.0 Å². The summed E-state index contributed by atoms with van der Waals surface area (Å²) < 4.78 is 5.33. The Balaban J connectivity index is 1.96. The minimum atomic E-state index is -0.0177. The van der Waals surface area contributed by atoms with Crippen molar-refractivity contribution in [2.45, 2.75) is 31.5 Å². The van der Waals surface area contributed by atoms with E-state index in [1.54, 1.807) is 6.07 Å². The van der Waals surface area contributed by atoms with Crippen molar-refractivity contribution in [1.82, 2.24) is 15.3 Å². The summed E-state index contributed by atoms with van der Waals surface area (Å²) in [6.45, 7) is 6.95. The van der Waals surface area contributed by atoms with Crippen LogP contribution >= 0.6 is 23.4 Å². The summed E-state index contributed by atoms with van der Waals surface area (Å²) in [6, 6.07) is 1.92. The Hall–Kier alpha value is -1.05. The molecule has 1 unspecified atom stereocenters. The number of anilines is 1. The Morgan fingerprint density at radius 3 is 2.91 bits per heavy atom. The van der Waals surface area contributed by atoms with Crippen LogP contribution in [0.4, 0.5) is 5.82 Å². The first-order valence-electron chi connectivity index (χ1n) is 7.38. The fraction of sp³-hybridized carbons (Fsp3) is 0.643. The maximum absolute atomic E-state index is 11.8. The lowest BCUT2D eigenvalue weighted by Crippen LogP contribution is -2.36. The Labute approximate surface area is 140 Å². The van der Waals surface area contributed by atoms with Crippen LogP contribution in [0, 0.1) is 0 Å². The topological polar surface area (TPSA) is 67.4 Å². The maximum atomic E-state index is 11.8. The molecule has 0 aromatic carbocycles. The summed E-state index contributed by atoms with van der Waals surface area (Å²) in [5.41, 5.74) is 0. The number of thioether (sulfide) groups is 1. The SMILES string of the molecule is CCC(C)NC(=O)CSc1nc(Cl)cc(N2CCOCC2)n1. The van der Waals surface area contributed by atoms with Gasteiger partial charge in [-0.2, -0.15) is 0 Å². The number of nitrogens with one attached hydrogen (secondary N) is 1. The number of rotatable bonds is 6. The van der Waals surface area contributed by atoms with Crippen LogP contribution in [-0.4, -0.2) is 54.0 Å². The van der Waals surface area contributed by atoms with E-state index in [0.29, 0.717) is 23.5 Å². The standard InChI is InChI=1S/C14H21ClN4O2S/c1-3-10(2)16-13(20)9-22-14-17-11(15)8-12(18-14)19-4-6-21-7-5-19/h8,10H,3-7,9H2,1-2H3,(H,16,20). The van der Waals surface area contributed by atoms with Gasteiger partial charge in [0.25, 0.3) is 0 Å². The van der Waals surface area contributed by atoms with Gasteiger partial charge in [-0.1, -0.05) is 30.3 Å². The highest BCUT2D eigenvalue weighted by Crippen LogP contribution is 2.22. The summed E-state index contributed by atoms with van der Waals surface area (Å²) >= 11 is 7.37. The monoisotopic (exact) mass is 344 g/mol. The van der Waals surface area contributed by atoms with E-state index in [9.17, 15) is 4.79 Å². The molecule has 2 heterocycles. The van der Waals surface area contributed by atoms with Gasteiger partial charge in [0.1, 0.15) is 11.0 Å². The molecule has 0 radical (unpaired) electrons. The minimum Gasteiger partial charge on any atom is -0.378 e. The van der Waals surface area contributed by atoms with Crippen LogP contribution in [0.2, 0.25) is 5.15 Å². The zero-order valence-corrected chi connectivity index (χ0v) is 14.4. The number of nitrogens with zero attached hydrogens (tertiary/aromatic N) is 3. The van der Waals surface area contributed by atoms with Crippen LogP contribution < -0.4 is 10.2 Å². The lowest BCUT2D eigenvalue weighted by atomic mass is 10.3.